The molecule has 1 aliphatic carbocycles. The molecule has 1 atom stereocenters. The average Bonchev–Trinajstić information content (AvgIpc) is 3.35. The molecule has 0 radical (unpaired) electrons. The summed E-state index contributed by atoms with van der Waals surface area (Å²) in [5.41, 5.74) is 2.27. The van der Waals surface area contributed by atoms with Crippen molar-refractivity contribution in [1.82, 2.24) is 4.90 Å². The summed E-state index contributed by atoms with van der Waals surface area (Å²) in [6, 6.07) is 14.4. The first kappa shape index (κ1) is 16.2. The molecule has 0 saturated heterocycles. The molecule has 1 aliphatic heterocycles. The van der Waals surface area contributed by atoms with E-state index in [4.69, 9.17) is 16.3 Å². The van der Waals surface area contributed by atoms with Crippen LogP contribution in [0.1, 0.15) is 35.6 Å². The minimum absolute atomic E-state index is 0.0126. The number of benzene rings is 2. The maximum Gasteiger partial charge on any atom is 0.333 e. The van der Waals surface area contributed by atoms with Crippen LogP contribution in [-0.2, 0) is 26.3 Å². The molecule has 5 heteroatoms. The second-order valence-corrected chi connectivity index (χ2v) is 7.08. The Morgan fingerprint density at radius 2 is 1.80 bits per heavy atom. The van der Waals surface area contributed by atoms with Gasteiger partial charge in [-0.3, -0.25) is 4.79 Å². The van der Waals surface area contributed by atoms with E-state index in [1.54, 1.807) is 17.0 Å². The molecular formula is C20H18ClNO3. The molecule has 4 nitrogen and oxygen atoms in total. The molecule has 1 saturated carbocycles. The third kappa shape index (κ3) is 2.52. The molecule has 0 spiro atoms. The highest BCUT2D eigenvalue weighted by Gasteiger charge is 2.56. The van der Waals surface area contributed by atoms with Crippen molar-refractivity contribution in [3.05, 3.63) is 70.2 Å². The van der Waals surface area contributed by atoms with E-state index in [9.17, 15) is 9.59 Å². The summed E-state index contributed by atoms with van der Waals surface area (Å²) in [6.07, 6.45) is 1.57. The number of nitrogens with zero attached hydrogens (tertiary/aromatic N) is 1. The fraction of sp³-hybridized carbons (Fsp3) is 0.300. The normalized spacial score (nSPS) is 20.1. The maximum absolute atomic E-state index is 13.4. The summed E-state index contributed by atoms with van der Waals surface area (Å²) in [5.74, 6) is -0.411. The van der Waals surface area contributed by atoms with Crippen LogP contribution in [0, 0.1) is 0 Å². The third-order valence-electron chi connectivity index (χ3n) is 5.24. The van der Waals surface area contributed by atoms with Crippen LogP contribution in [0.5, 0.6) is 0 Å². The third-order valence-corrected chi connectivity index (χ3v) is 5.50. The molecule has 4 rings (SSSR count). The van der Waals surface area contributed by atoms with Gasteiger partial charge in [0.15, 0.2) is 6.04 Å². The van der Waals surface area contributed by atoms with Gasteiger partial charge >= 0.3 is 5.97 Å². The van der Waals surface area contributed by atoms with Crippen molar-refractivity contribution in [2.24, 2.45) is 0 Å². The summed E-state index contributed by atoms with van der Waals surface area (Å²) in [6.45, 7) is 0.435. The van der Waals surface area contributed by atoms with Crippen LogP contribution in [0.4, 0.5) is 0 Å². The van der Waals surface area contributed by atoms with Crippen molar-refractivity contribution in [3.8, 4) is 0 Å². The number of hydrogen-bond acceptors (Lipinski definition) is 3. The monoisotopic (exact) mass is 355 g/mol. The molecule has 1 heterocycles. The van der Waals surface area contributed by atoms with Crippen LogP contribution in [0.25, 0.3) is 0 Å². The fourth-order valence-electron chi connectivity index (χ4n) is 3.74. The lowest BCUT2D eigenvalue weighted by Gasteiger charge is -2.28. The molecule has 0 aromatic heterocycles. The van der Waals surface area contributed by atoms with Gasteiger partial charge in [-0.05, 0) is 41.7 Å². The predicted octanol–water partition coefficient (Wildman–Crippen LogP) is 3.63. The Labute approximate surface area is 151 Å². The smallest absolute Gasteiger partial charge is 0.333 e. The minimum Gasteiger partial charge on any atom is -0.467 e. The zero-order chi connectivity index (χ0) is 17.6. The van der Waals surface area contributed by atoms with Crippen LogP contribution in [0.2, 0.25) is 5.02 Å². The first-order valence-electron chi connectivity index (χ1n) is 8.29. The number of esters is 1. The van der Waals surface area contributed by atoms with E-state index < -0.39 is 17.4 Å². The fourth-order valence-corrected chi connectivity index (χ4v) is 3.86. The molecule has 1 amide bonds. The molecule has 0 bridgehead atoms. The first-order valence-corrected chi connectivity index (χ1v) is 8.67. The number of fused-ring (bicyclic) bond motifs is 1. The second-order valence-electron chi connectivity index (χ2n) is 6.65. The molecule has 0 N–H and O–H groups in total. The molecule has 2 aromatic carbocycles. The van der Waals surface area contributed by atoms with Crippen molar-refractivity contribution < 1.29 is 14.3 Å². The maximum atomic E-state index is 13.4. The van der Waals surface area contributed by atoms with Crippen LogP contribution in [-0.4, -0.2) is 23.9 Å². The highest BCUT2D eigenvalue weighted by molar-refractivity contribution is 6.30. The number of carbonyl (C=O) groups is 2. The Balaban J connectivity index is 1.70. The van der Waals surface area contributed by atoms with E-state index in [-0.39, 0.29) is 5.91 Å². The summed E-state index contributed by atoms with van der Waals surface area (Å²) in [7, 11) is 1.36. The van der Waals surface area contributed by atoms with E-state index >= 15 is 0 Å². The highest BCUT2D eigenvalue weighted by atomic mass is 35.5. The zero-order valence-corrected chi connectivity index (χ0v) is 14.6. The van der Waals surface area contributed by atoms with Gasteiger partial charge in [0, 0.05) is 11.6 Å². The van der Waals surface area contributed by atoms with Gasteiger partial charge in [0.2, 0.25) is 5.91 Å². The van der Waals surface area contributed by atoms with E-state index in [0.29, 0.717) is 11.6 Å². The van der Waals surface area contributed by atoms with E-state index in [2.05, 4.69) is 0 Å². The summed E-state index contributed by atoms with van der Waals surface area (Å²) >= 11 is 5.98. The largest absolute Gasteiger partial charge is 0.467 e. The first-order chi connectivity index (χ1) is 12.1. The molecule has 25 heavy (non-hydrogen) atoms. The van der Waals surface area contributed by atoms with Crippen molar-refractivity contribution in [2.75, 3.05) is 7.11 Å². The van der Waals surface area contributed by atoms with Gasteiger partial charge in [0.1, 0.15) is 0 Å². The van der Waals surface area contributed by atoms with Crippen LogP contribution in [0.15, 0.2) is 48.5 Å². The number of hydrogen-bond donors (Lipinski definition) is 0. The van der Waals surface area contributed by atoms with Gasteiger partial charge in [-0.1, -0.05) is 48.0 Å². The van der Waals surface area contributed by atoms with E-state index in [0.717, 1.165) is 29.5 Å². The van der Waals surface area contributed by atoms with Crippen molar-refractivity contribution in [3.63, 3.8) is 0 Å². The number of amides is 1. The van der Waals surface area contributed by atoms with Crippen molar-refractivity contribution in [1.29, 1.82) is 0 Å². The Kier molecular flexibility index (Phi) is 3.80. The minimum atomic E-state index is -0.668. The van der Waals surface area contributed by atoms with Crippen molar-refractivity contribution in [2.45, 2.75) is 30.8 Å². The lowest BCUT2D eigenvalue weighted by atomic mass is 9.94. The zero-order valence-electron chi connectivity index (χ0n) is 13.9. The van der Waals surface area contributed by atoms with E-state index in [1.807, 2.05) is 36.4 Å². The lowest BCUT2D eigenvalue weighted by molar-refractivity contribution is -0.153. The Morgan fingerprint density at radius 3 is 2.44 bits per heavy atom. The van der Waals surface area contributed by atoms with Gasteiger partial charge in [0.25, 0.3) is 0 Å². The highest BCUT2D eigenvalue weighted by Crippen LogP contribution is 2.52. The Morgan fingerprint density at radius 1 is 1.12 bits per heavy atom. The van der Waals surface area contributed by atoms with Gasteiger partial charge in [-0.15, -0.1) is 0 Å². The van der Waals surface area contributed by atoms with Gasteiger partial charge in [-0.25, -0.2) is 4.79 Å². The van der Waals surface area contributed by atoms with Gasteiger partial charge in [-0.2, -0.15) is 0 Å². The SMILES string of the molecule is COC(=O)[C@@H]1c2ccccc2CN1C(=O)C1(c2ccc(Cl)cc2)CC1. The standard InChI is InChI=1S/C20H18ClNO3/c1-25-18(23)17-16-5-3-2-4-13(16)12-22(17)19(24)20(10-11-20)14-6-8-15(21)9-7-14/h2-9,17H,10-12H2,1H3/t17-/m0/s1. The van der Waals surface area contributed by atoms with E-state index in [1.165, 1.54) is 7.11 Å². The second kappa shape index (κ2) is 5.88. The lowest BCUT2D eigenvalue weighted by Crippen LogP contribution is -2.41. The van der Waals surface area contributed by atoms with Crippen molar-refractivity contribution >= 4 is 23.5 Å². The van der Waals surface area contributed by atoms with Crippen LogP contribution < -0.4 is 0 Å². The number of carbonyl (C=O) groups excluding carboxylic acids is 2. The van der Waals surface area contributed by atoms with Crippen LogP contribution in [0.3, 0.4) is 0 Å². The molecule has 0 unspecified atom stereocenters. The van der Waals surface area contributed by atoms with Gasteiger partial charge < -0.3 is 9.64 Å². The summed E-state index contributed by atoms with van der Waals surface area (Å²) in [4.78, 5) is 27.5. The Bertz CT molecular complexity index is 842. The number of ether oxygens (including phenoxy) is 1. The molecule has 2 aromatic rings. The Hall–Kier alpha value is -2.33. The van der Waals surface area contributed by atoms with Crippen LogP contribution >= 0.6 is 11.6 Å². The molecule has 128 valence electrons. The summed E-state index contributed by atoms with van der Waals surface area (Å²) in [5, 5.41) is 0.646. The molecular weight excluding hydrogens is 338 g/mol. The topological polar surface area (TPSA) is 46.6 Å². The number of rotatable bonds is 3. The quantitative estimate of drug-likeness (QED) is 0.790. The predicted molar refractivity (Wildman–Crippen MR) is 94.1 cm³/mol. The molecule has 2 aliphatic rings. The number of halogens is 1. The molecule has 1 fully saturated rings. The van der Waals surface area contributed by atoms with Gasteiger partial charge in [0.05, 0.1) is 12.5 Å². The number of methoxy groups -OCH3 is 1. The average molecular weight is 356 g/mol. The summed E-state index contributed by atoms with van der Waals surface area (Å²) < 4.78 is 4.98.